The second-order valence-electron chi connectivity index (χ2n) is 3.26. The lowest BCUT2D eigenvalue weighted by Gasteiger charge is -2.07. The van der Waals surface area contributed by atoms with Crippen molar-refractivity contribution < 1.29 is 9.53 Å². The lowest BCUT2D eigenvalue weighted by molar-refractivity contribution is -0.141. The number of hydrogen-bond acceptors (Lipinski definition) is 2. The fraction of sp³-hybridized carbons (Fsp3) is 0.900. The maximum absolute atomic E-state index is 10.9. The Morgan fingerprint density at radius 1 is 1.36 bits per heavy atom. The van der Waals surface area contributed by atoms with Gasteiger partial charge in [0.15, 0.2) is 6.07 Å². The van der Waals surface area contributed by atoms with Crippen LogP contribution < -0.4 is 0 Å². The van der Waals surface area contributed by atoms with Crippen LogP contribution in [0.25, 0.3) is 0 Å². The summed E-state index contributed by atoms with van der Waals surface area (Å²) in [5.74, 6) is -0.237. The molecule has 1 unspecified atom stereocenters. The molecule has 0 aromatic heterocycles. The van der Waals surface area contributed by atoms with Crippen LogP contribution in [-0.2, 0) is 9.53 Å². The summed E-state index contributed by atoms with van der Waals surface area (Å²) in [7, 11) is 0. The standard InChI is InChI=1S/C10H18Cl2O2/c1-2-3-5-9(12)6-4-7-10(13)14-8-11/h9H,2-8H2,1H3. The smallest absolute Gasteiger partial charge is 0.306 e. The highest BCUT2D eigenvalue weighted by molar-refractivity contribution is 6.20. The van der Waals surface area contributed by atoms with Gasteiger partial charge in [-0.2, -0.15) is 0 Å². The zero-order chi connectivity index (χ0) is 10.8. The van der Waals surface area contributed by atoms with Crippen LogP contribution in [0.3, 0.4) is 0 Å². The van der Waals surface area contributed by atoms with Crippen LogP contribution in [0, 0.1) is 0 Å². The van der Waals surface area contributed by atoms with Crippen molar-refractivity contribution >= 4 is 29.2 Å². The van der Waals surface area contributed by atoms with E-state index in [0.717, 1.165) is 32.1 Å². The van der Waals surface area contributed by atoms with Gasteiger partial charge in [-0.1, -0.05) is 31.4 Å². The molecule has 84 valence electrons. The number of ether oxygens (including phenoxy) is 1. The van der Waals surface area contributed by atoms with Gasteiger partial charge < -0.3 is 4.74 Å². The summed E-state index contributed by atoms with van der Waals surface area (Å²) >= 11 is 11.3. The van der Waals surface area contributed by atoms with Crippen LogP contribution in [0.15, 0.2) is 0 Å². The average molecular weight is 241 g/mol. The summed E-state index contributed by atoms with van der Waals surface area (Å²) in [6.45, 7) is 2.14. The van der Waals surface area contributed by atoms with Crippen molar-refractivity contribution in [1.29, 1.82) is 0 Å². The molecule has 0 aliphatic heterocycles. The van der Waals surface area contributed by atoms with Gasteiger partial charge in [-0.15, -0.1) is 11.6 Å². The van der Waals surface area contributed by atoms with E-state index in [9.17, 15) is 4.79 Å². The summed E-state index contributed by atoms with van der Waals surface area (Å²) in [5, 5.41) is 0.193. The first-order valence-electron chi connectivity index (χ1n) is 5.06. The van der Waals surface area contributed by atoms with Crippen molar-refractivity contribution in [2.75, 3.05) is 6.07 Å². The maximum atomic E-state index is 10.9. The van der Waals surface area contributed by atoms with Gasteiger partial charge in [0.25, 0.3) is 0 Å². The molecule has 0 aromatic rings. The van der Waals surface area contributed by atoms with Gasteiger partial charge in [0, 0.05) is 11.8 Å². The highest BCUT2D eigenvalue weighted by Gasteiger charge is 2.06. The quantitative estimate of drug-likeness (QED) is 0.478. The molecule has 0 spiro atoms. The van der Waals surface area contributed by atoms with Crippen molar-refractivity contribution in [3.63, 3.8) is 0 Å². The van der Waals surface area contributed by atoms with Gasteiger partial charge in [0.05, 0.1) is 0 Å². The van der Waals surface area contributed by atoms with Gasteiger partial charge in [0.2, 0.25) is 0 Å². The predicted molar refractivity (Wildman–Crippen MR) is 59.8 cm³/mol. The fourth-order valence-corrected chi connectivity index (χ4v) is 1.60. The maximum Gasteiger partial charge on any atom is 0.306 e. The fourth-order valence-electron chi connectivity index (χ4n) is 1.17. The van der Waals surface area contributed by atoms with Crippen LogP contribution in [0.1, 0.15) is 45.4 Å². The van der Waals surface area contributed by atoms with E-state index in [0.29, 0.717) is 6.42 Å². The zero-order valence-electron chi connectivity index (χ0n) is 8.60. The summed E-state index contributed by atoms with van der Waals surface area (Å²) < 4.78 is 4.59. The molecule has 0 fully saturated rings. The first kappa shape index (κ1) is 14.1. The van der Waals surface area contributed by atoms with E-state index in [1.165, 1.54) is 0 Å². The molecule has 0 radical (unpaired) electrons. The van der Waals surface area contributed by atoms with E-state index in [2.05, 4.69) is 11.7 Å². The van der Waals surface area contributed by atoms with Crippen LogP contribution >= 0.6 is 23.2 Å². The number of hydrogen-bond donors (Lipinski definition) is 0. The molecule has 0 rings (SSSR count). The minimum Gasteiger partial charge on any atom is -0.449 e. The predicted octanol–water partition coefficient (Wildman–Crippen LogP) is 3.69. The van der Waals surface area contributed by atoms with Crippen molar-refractivity contribution in [2.24, 2.45) is 0 Å². The second kappa shape index (κ2) is 9.60. The van der Waals surface area contributed by atoms with Crippen molar-refractivity contribution in [1.82, 2.24) is 0 Å². The number of carbonyl (C=O) groups is 1. The Morgan fingerprint density at radius 3 is 2.57 bits per heavy atom. The third-order valence-electron chi connectivity index (χ3n) is 1.98. The third-order valence-corrected chi connectivity index (χ3v) is 2.53. The Labute approximate surface area is 95.9 Å². The molecule has 0 heterocycles. The number of alkyl halides is 2. The molecule has 0 bridgehead atoms. The largest absolute Gasteiger partial charge is 0.449 e. The summed E-state index contributed by atoms with van der Waals surface area (Å²) in [4.78, 5) is 10.9. The molecular formula is C10H18Cl2O2. The van der Waals surface area contributed by atoms with Crippen molar-refractivity contribution in [2.45, 2.75) is 50.8 Å². The minimum absolute atomic E-state index is 0.0566. The topological polar surface area (TPSA) is 26.3 Å². The number of carbonyl (C=O) groups excluding carboxylic acids is 1. The minimum atomic E-state index is -0.237. The van der Waals surface area contributed by atoms with E-state index in [4.69, 9.17) is 23.2 Å². The molecule has 0 amide bonds. The van der Waals surface area contributed by atoms with E-state index in [1.807, 2.05) is 0 Å². The van der Waals surface area contributed by atoms with Crippen LogP contribution in [-0.4, -0.2) is 17.4 Å². The molecule has 0 saturated heterocycles. The van der Waals surface area contributed by atoms with Crippen LogP contribution in [0.2, 0.25) is 0 Å². The number of halogens is 2. The van der Waals surface area contributed by atoms with E-state index in [1.54, 1.807) is 0 Å². The first-order valence-corrected chi connectivity index (χ1v) is 6.03. The normalized spacial score (nSPS) is 12.5. The van der Waals surface area contributed by atoms with Gasteiger partial charge in [-0.25, -0.2) is 0 Å². The molecule has 2 nitrogen and oxygen atoms in total. The van der Waals surface area contributed by atoms with Gasteiger partial charge >= 0.3 is 5.97 Å². The Hall–Kier alpha value is 0.0500. The first-order chi connectivity index (χ1) is 6.70. The third kappa shape index (κ3) is 8.64. The van der Waals surface area contributed by atoms with Gasteiger partial charge in [0.1, 0.15) is 0 Å². The van der Waals surface area contributed by atoms with Gasteiger partial charge in [-0.3, -0.25) is 4.79 Å². The van der Waals surface area contributed by atoms with Crippen LogP contribution in [0.5, 0.6) is 0 Å². The molecule has 0 N–H and O–H groups in total. The Morgan fingerprint density at radius 2 is 2.00 bits per heavy atom. The van der Waals surface area contributed by atoms with E-state index >= 15 is 0 Å². The Balaban J connectivity index is 3.29. The highest BCUT2D eigenvalue weighted by atomic mass is 35.5. The molecule has 0 aromatic carbocycles. The molecule has 14 heavy (non-hydrogen) atoms. The number of esters is 1. The molecule has 0 saturated carbocycles. The summed E-state index contributed by atoms with van der Waals surface area (Å²) in [6.07, 6.45) is 5.43. The molecule has 4 heteroatoms. The second-order valence-corrected chi connectivity index (χ2v) is 4.09. The van der Waals surface area contributed by atoms with E-state index in [-0.39, 0.29) is 17.4 Å². The lowest BCUT2D eigenvalue weighted by atomic mass is 10.1. The number of unbranched alkanes of at least 4 members (excludes halogenated alkanes) is 1. The Bertz CT molecular complexity index is 151. The number of rotatable bonds is 8. The molecular weight excluding hydrogens is 223 g/mol. The monoisotopic (exact) mass is 240 g/mol. The SMILES string of the molecule is CCCCC(Cl)CCCC(=O)OCCl. The molecule has 0 aliphatic rings. The van der Waals surface area contributed by atoms with Crippen molar-refractivity contribution in [3.8, 4) is 0 Å². The lowest BCUT2D eigenvalue weighted by Crippen LogP contribution is -2.05. The van der Waals surface area contributed by atoms with Gasteiger partial charge in [-0.05, 0) is 19.3 Å². The summed E-state index contributed by atoms with van der Waals surface area (Å²) in [6, 6.07) is -0.0566. The van der Waals surface area contributed by atoms with Crippen LogP contribution in [0.4, 0.5) is 0 Å². The molecule has 0 aliphatic carbocycles. The van der Waals surface area contributed by atoms with Crippen molar-refractivity contribution in [3.05, 3.63) is 0 Å². The average Bonchev–Trinajstić information content (AvgIpc) is 2.15. The summed E-state index contributed by atoms with van der Waals surface area (Å²) in [5.41, 5.74) is 0. The molecule has 1 atom stereocenters. The highest BCUT2D eigenvalue weighted by Crippen LogP contribution is 2.14. The Kier molecular flexibility index (Phi) is 9.63. The van der Waals surface area contributed by atoms with E-state index < -0.39 is 0 Å². The zero-order valence-corrected chi connectivity index (χ0v) is 10.1.